The molecule has 0 unspecified atom stereocenters. The van der Waals surface area contributed by atoms with Crippen LogP contribution in [-0.2, 0) is 5.88 Å². The predicted octanol–water partition coefficient (Wildman–Crippen LogP) is 2.80. The lowest BCUT2D eigenvalue weighted by atomic mass is 10.2. The van der Waals surface area contributed by atoms with Gasteiger partial charge in [-0.05, 0) is 6.42 Å². The fourth-order valence-electron chi connectivity index (χ4n) is 1.13. The first-order chi connectivity index (χ1) is 6.86. The molecule has 0 amide bonds. The van der Waals surface area contributed by atoms with Crippen LogP contribution >= 0.6 is 11.6 Å². The van der Waals surface area contributed by atoms with E-state index < -0.39 is 0 Å². The second kappa shape index (κ2) is 6.65. The highest BCUT2D eigenvalue weighted by molar-refractivity contribution is 6.16. The van der Waals surface area contributed by atoms with E-state index in [0.29, 0.717) is 11.9 Å². The van der Waals surface area contributed by atoms with E-state index in [1.807, 2.05) is 0 Å². The molecule has 0 bridgehead atoms. The first-order valence-corrected chi connectivity index (χ1v) is 5.52. The van der Waals surface area contributed by atoms with Gasteiger partial charge in [0.2, 0.25) is 5.89 Å². The molecule has 5 heteroatoms. The molecule has 0 atom stereocenters. The zero-order chi connectivity index (χ0) is 10.2. The van der Waals surface area contributed by atoms with Crippen molar-refractivity contribution in [3.8, 4) is 0 Å². The average Bonchev–Trinajstić information content (AvgIpc) is 2.65. The molecule has 4 nitrogen and oxygen atoms in total. The van der Waals surface area contributed by atoms with Crippen LogP contribution in [0.15, 0.2) is 4.42 Å². The van der Waals surface area contributed by atoms with Gasteiger partial charge < -0.3 is 9.73 Å². The van der Waals surface area contributed by atoms with E-state index in [1.54, 1.807) is 0 Å². The number of aromatic nitrogens is 2. The summed E-state index contributed by atoms with van der Waals surface area (Å²) in [6.07, 6.45) is 4.89. The van der Waals surface area contributed by atoms with Crippen molar-refractivity contribution >= 4 is 17.6 Å². The Morgan fingerprint density at radius 1 is 1.29 bits per heavy atom. The number of nitrogens with one attached hydrogen (secondary N) is 1. The number of rotatable bonds is 7. The third-order valence-electron chi connectivity index (χ3n) is 1.89. The van der Waals surface area contributed by atoms with Crippen molar-refractivity contribution in [2.45, 2.75) is 38.5 Å². The first-order valence-electron chi connectivity index (χ1n) is 4.99. The summed E-state index contributed by atoms with van der Waals surface area (Å²) in [6.45, 7) is 3.07. The molecular weight excluding hydrogens is 202 g/mol. The molecule has 1 N–H and O–H groups in total. The Hall–Kier alpha value is -0.770. The standard InChI is InChI=1S/C9H16ClN3O/c1-2-3-4-5-6-11-9-13-12-8(7-10)14-9/h2-7H2,1H3,(H,11,13). The summed E-state index contributed by atoms with van der Waals surface area (Å²) >= 11 is 5.52. The summed E-state index contributed by atoms with van der Waals surface area (Å²) in [7, 11) is 0. The fraction of sp³-hybridized carbons (Fsp3) is 0.778. The molecule has 80 valence electrons. The average molecular weight is 218 g/mol. The predicted molar refractivity (Wildman–Crippen MR) is 56.5 cm³/mol. The number of anilines is 1. The third-order valence-corrected chi connectivity index (χ3v) is 2.12. The second-order valence-electron chi connectivity index (χ2n) is 3.12. The van der Waals surface area contributed by atoms with Crippen molar-refractivity contribution < 1.29 is 4.42 Å². The van der Waals surface area contributed by atoms with Gasteiger partial charge in [0.05, 0.1) is 0 Å². The molecule has 0 aliphatic rings. The number of unbranched alkanes of at least 4 members (excludes halogenated alkanes) is 3. The van der Waals surface area contributed by atoms with Crippen LogP contribution < -0.4 is 5.32 Å². The lowest BCUT2D eigenvalue weighted by Gasteiger charge is -1.99. The van der Waals surface area contributed by atoms with Crippen LogP contribution in [0.3, 0.4) is 0 Å². The van der Waals surface area contributed by atoms with Gasteiger partial charge in [-0.15, -0.1) is 16.7 Å². The highest BCUT2D eigenvalue weighted by Gasteiger charge is 2.02. The van der Waals surface area contributed by atoms with Gasteiger partial charge in [-0.2, -0.15) is 0 Å². The number of halogens is 1. The third kappa shape index (κ3) is 3.96. The molecule has 0 radical (unpaired) electrons. The van der Waals surface area contributed by atoms with E-state index in [4.69, 9.17) is 16.0 Å². The second-order valence-corrected chi connectivity index (χ2v) is 3.39. The molecule has 1 aromatic heterocycles. The van der Waals surface area contributed by atoms with Crippen LogP contribution in [-0.4, -0.2) is 16.7 Å². The Kier molecular flexibility index (Phi) is 5.37. The summed E-state index contributed by atoms with van der Waals surface area (Å²) in [5, 5.41) is 10.6. The van der Waals surface area contributed by atoms with Crippen LogP contribution in [0.2, 0.25) is 0 Å². The number of hydrogen-bond donors (Lipinski definition) is 1. The van der Waals surface area contributed by atoms with Gasteiger partial charge in [0.15, 0.2) is 0 Å². The van der Waals surface area contributed by atoms with Gasteiger partial charge in [0.25, 0.3) is 0 Å². The lowest BCUT2D eigenvalue weighted by Crippen LogP contribution is -2.01. The van der Waals surface area contributed by atoms with Gasteiger partial charge in [-0.3, -0.25) is 0 Å². The van der Waals surface area contributed by atoms with Crippen LogP contribution in [0.25, 0.3) is 0 Å². The van der Waals surface area contributed by atoms with Gasteiger partial charge in [0.1, 0.15) is 5.88 Å². The van der Waals surface area contributed by atoms with Crippen LogP contribution in [0.1, 0.15) is 38.5 Å². The highest BCUT2D eigenvalue weighted by atomic mass is 35.5. The minimum absolute atomic E-state index is 0.268. The van der Waals surface area contributed by atoms with Crippen LogP contribution in [0, 0.1) is 0 Å². The molecular formula is C9H16ClN3O. The molecule has 0 aromatic carbocycles. The molecule has 0 aliphatic heterocycles. The maximum absolute atomic E-state index is 5.52. The zero-order valence-corrected chi connectivity index (χ0v) is 9.18. The van der Waals surface area contributed by atoms with E-state index in [2.05, 4.69) is 22.4 Å². The van der Waals surface area contributed by atoms with Crippen molar-refractivity contribution in [1.82, 2.24) is 10.2 Å². The normalized spacial score (nSPS) is 10.4. The van der Waals surface area contributed by atoms with E-state index in [0.717, 1.165) is 13.0 Å². The minimum atomic E-state index is 0.268. The molecule has 0 aliphatic carbocycles. The first kappa shape index (κ1) is 11.3. The Morgan fingerprint density at radius 2 is 2.14 bits per heavy atom. The summed E-state index contributed by atoms with van der Waals surface area (Å²) in [4.78, 5) is 0. The molecule has 1 rings (SSSR count). The van der Waals surface area contributed by atoms with E-state index >= 15 is 0 Å². The summed E-state index contributed by atoms with van der Waals surface area (Å²) in [6, 6.07) is 0.470. The summed E-state index contributed by atoms with van der Waals surface area (Å²) in [5.41, 5.74) is 0. The lowest BCUT2D eigenvalue weighted by molar-refractivity contribution is 0.523. The smallest absolute Gasteiger partial charge is 0.315 e. The molecule has 0 saturated carbocycles. The Morgan fingerprint density at radius 3 is 2.79 bits per heavy atom. The quantitative estimate of drug-likeness (QED) is 0.564. The maximum atomic E-state index is 5.52. The number of hydrogen-bond acceptors (Lipinski definition) is 4. The zero-order valence-electron chi connectivity index (χ0n) is 8.42. The maximum Gasteiger partial charge on any atom is 0.315 e. The van der Waals surface area contributed by atoms with Crippen LogP contribution in [0.4, 0.5) is 6.01 Å². The topological polar surface area (TPSA) is 51.0 Å². The summed E-state index contributed by atoms with van der Waals surface area (Å²) < 4.78 is 5.17. The van der Waals surface area contributed by atoms with E-state index in [-0.39, 0.29) is 5.88 Å². The minimum Gasteiger partial charge on any atom is -0.407 e. The molecule has 0 saturated heterocycles. The van der Waals surface area contributed by atoms with Crippen molar-refractivity contribution in [1.29, 1.82) is 0 Å². The molecule has 1 heterocycles. The van der Waals surface area contributed by atoms with Crippen LogP contribution in [0.5, 0.6) is 0 Å². The van der Waals surface area contributed by atoms with E-state index in [9.17, 15) is 0 Å². The molecule has 1 aromatic rings. The van der Waals surface area contributed by atoms with Gasteiger partial charge in [-0.25, -0.2) is 0 Å². The van der Waals surface area contributed by atoms with Gasteiger partial charge in [-0.1, -0.05) is 31.3 Å². The Bertz CT molecular complexity index is 252. The largest absolute Gasteiger partial charge is 0.407 e. The van der Waals surface area contributed by atoms with Crippen molar-refractivity contribution in [2.75, 3.05) is 11.9 Å². The van der Waals surface area contributed by atoms with Gasteiger partial charge in [0, 0.05) is 6.54 Å². The monoisotopic (exact) mass is 217 g/mol. The van der Waals surface area contributed by atoms with Crippen molar-refractivity contribution in [3.63, 3.8) is 0 Å². The van der Waals surface area contributed by atoms with Crippen molar-refractivity contribution in [3.05, 3.63) is 5.89 Å². The Labute approximate surface area is 89.0 Å². The number of nitrogens with zero attached hydrogens (tertiary/aromatic N) is 2. The Balaban J connectivity index is 2.12. The molecule has 0 fully saturated rings. The number of alkyl halides is 1. The summed E-state index contributed by atoms with van der Waals surface area (Å²) in [5.74, 6) is 0.729. The highest BCUT2D eigenvalue weighted by Crippen LogP contribution is 2.07. The SMILES string of the molecule is CCCCCCNc1nnc(CCl)o1. The fourth-order valence-corrected chi connectivity index (χ4v) is 1.23. The molecule has 0 spiro atoms. The molecule has 14 heavy (non-hydrogen) atoms. The van der Waals surface area contributed by atoms with Gasteiger partial charge >= 0.3 is 6.01 Å². The van der Waals surface area contributed by atoms with Crippen molar-refractivity contribution in [2.24, 2.45) is 0 Å². The van der Waals surface area contributed by atoms with E-state index in [1.165, 1.54) is 19.3 Å².